The maximum atomic E-state index is 12.5. The van der Waals surface area contributed by atoms with Crippen LogP contribution in [0.3, 0.4) is 0 Å². The summed E-state index contributed by atoms with van der Waals surface area (Å²) >= 11 is 1.46. The Morgan fingerprint density at radius 1 is 1.41 bits per heavy atom. The maximum absolute atomic E-state index is 12.5. The van der Waals surface area contributed by atoms with Crippen molar-refractivity contribution in [2.75, 3.05) is 25.2 Å². The average Bonchev–Trinajstić information content (AvgIpc) is 3.03. The van der Waals surface area contributed by atoms with Crippen molar-refractivity contribution >= 4 is 33.8 Å². The van der Waals surface area contributed by atoms with Gasteiger partial charge in [-0.25, -0.2) is 8.42 Å². The summed E-state index contributed by atoms with van der Waals surface area (Å²) < 4.78 is 26.3. The van der Waals surface area contributed by atoms with Crippen LogP contribution in [0.5, 0.6) is 0 Å². The largest absolute Gasteiger partial charge is 0.345 e. The van der Waals surface area contributed by atoms with E-state index in [2.05, 4.69) is 0 Å². The molecule has 1 unspecified atom stereocenters. The lowest BCUT2D eigenvalue weighted by Gasteiger charge is -2.25. The summed E-state index contributed by atoms with van der Waals surface area (Å²) in [5.74, 6) is 0.668. The van der Waals surface area contributed by atoms with Crippen LogP contribution in [0.15, 0.2) is 35.7 Å². The van der Waals surface area contributed by atoms with E-state index in [-0.39, 0.29) is 5.91 Å². The number of carbonyl (C=O) groups excluding carboxylic acids is 1. The molecule has 0 spiro atoms. The Balaban J connectivity index is 2.17. The zero-order valence-corrected chi connectivity index (χ0v) is 14.3. The van der Waals surface area contributed by atoms with Crippen molar-refractivity contribution in [1.82, 2.24) is 9.21 Å². The van der Waals surface area contributed by atoms with Gasteiger partial charge >= 0.3 is 0 Å². The van der Waals surface area contributed by atoms with Crippen LogP contribution in [-0.2, 0) is 14.8 Å². The standard InChI is InChI=1S/C15H20N2O3S2/c1-3-16(2)15(18)14-11-21-12-17(14)22(19,20)10-9-13-7-5-4-6-8-13/h4-10,14H,3,11-12H2,1-2H3/b10-9+. The van der Waals surface area contributed by atoms with Crippen LogP contribution in [0, 0.1) is 0 Å². The fraction of sp³-hybridized carbons (Fsp3) is 0.400. The third-order valence-corrected chi connectivity index (χ3v) is 6.23. The van der Waals surface area contributed by atoms with Crippen LogP contribution < -0.4 is 0 Å². The third-order valence-electron chi connectivity index (χ3n) is 3.54. The molecule has 1 fully saturated rings. The molecule has 120 valence electrons. The van der Waals surface area contributed by atoms with Gasteiger partial charge in [0, 0.05) is 24.8 Å². The minimum Gasteiger partial charge on any atom is -0.345 e. The van der Waals surface area contributed by atoms with E-state index in [1.165, 1.54) is 21.5 Å². The van der Waals surface area contributed by atoms with Crippen molar-refractivity contribution in [2.45, 2.75) is 13.0 Å². The molecule has 22 heavy (non-hydrogen) atoms. The first kappa shape index (κ1) is 17.1. The summed E-state index contributed by atoms with van der Waals surface area (Å²) in [5.41, 5.74) is 0.812. The van der Waals surface area contributed by atoms with E-state index in [4.69, 9.17) is 0 Å². The van der Waals surface area contributed by atoms with Gasteiger partial charge in [0.05, 0.1) is 5.88 Å². The lowest BCUT2D eigenvalue weighted by molar-refractivity contribution is -0.132. The molecule has 1 aromatic rings. The minimum absolute atomic E-state index is 0.149. The van der Waals surface area contributed by atoms with Crippen molar-refractivity contribution in [3.63, 3.8) is 0 Å². The van der Waals surface area contributed by atoms with Crippen molar-refractivity contribution in [2.24, 2.45) is 0 Å². The number of benzene rings is 1. The van der Waals surface area contributed by atoms with Crippen molar-refractivity contribution in [1.29, 1.82) is 0 Å². The molecule has 1 aliphatic heterocycles. The Hall–Kier alpha value is -1.31. The first-order valence-electron chi connectivity index (χ1n) is 7.03. The van der Waals surface area contributed by atoms with E-state index < -0.39 is 16.1 Å². The molecular weight excluding hydrogens is 320 g/mol. The molecule has 1 amide bonds. The van der Waals surface area contributed by atoms with Crippen LogP contribution in [-0.4, -0.2) is 54.8 Å². The Labute approximate surface area is 136 Å². The number of hydrogen-bond donors (Lipinski definition) is 0. The van der Waals surface area contributed by atoms with Gasteiger partial charge in [0.2, 0.25) is 15.9 Å². The number of hydrogen-bond acceptors (Lipinski definition) is 4. The molecule has 0 aromatic heterocycles. The highest BCUT2D eigenvalue weighted by molar-refractivity contribution is 8.01. The number of nitrogens with zero attached hydrogens (tertiary/aromatic N) is 2. The van der Waals surface area contributed by atoms with Crippen LogP contribution in [0.25, 0.3) is 6.08 Å². The molecule has 1 saturated heterocycles. The maximum Gasteiger partial charge on any atom is 0.241 e. The fourth-order valence-corrected chi connectivity index (χ4v) is 5.01. The molecular formula is C15H20N2O3S2. The van der Waals surface area contributed by atoms with Crippen molar-refractivity contribution in [3.05, 3.63) is 41.3 Å². The molecule has 1 aliphatic rings. The smallest absolute Gasteiger partial charge is 0.241 e. The average molecular weight is 340 g/mol. The van der Waals surface area contributed by atoms with E-state index in [0.717, 1.165) is 5.56 Å². The quantitative estimate of drug-likeness (QED) is 0.821. The number of carbonyl (C=O) groups is 1. The summed E-state index contributed by atoms with van der Waals surface area (Å²) in [6.07, 6.45) is 1.56. The Bertz CT molecular complexity index is 644. The summed E-state index contributed by atoms with van der Waals surface area (Å²) in [6, 6.07) is 8.62. The molecule has 1 atom stereocenters. The monoisotopic (exact) mass is 340 g/mol. The summed E-state index contributed by atoms with van der Waals surface area (Å²) in [7, 11) is -1.92. The second kappa shape index (κ2) is 7.30. The lowest BCUT2D eigenvalue weighted by atomic mass is 10.2. The van der Waals surface area contributed by atoms with Crippen molar-refractivity contribution in [3.8, 4) is 0 Å². The predicted octanol–water partition coefficient (Wildman–Crippen LogP) is 1.84. The van der Waals surface area contributed by atoms with Gasteiger partial charge in [0.15, 0.2) is 0 Å². The van der Waals surface area contributed by atoms with E-state index in [0.29, 0.717) is 18.2 Å². The number of rotatable bonds is 5. The summed E-state index contributed by atoms with van der Waals surface area (Å²) in [5, 5.41) is 1.18. The summed E-state index contributed by atoms with van der Waals surface area (Å²) in [6.45, 7) is 2.43. The van der Waals surface area contributed by atoms with Crippen LogP contribution in [0.1, 0.15) is 12.5 Å². The molecule has 7 heteroatoms. The highest BCUT2D eigenvalue weighted by atomic mass is 32.2. The van der Waals surface area contributed by atoms with E-state index in [9.17, 15) is 13.2 Å². The molecule has 5 nitrogen and oxygen atoms in total. The zero-order chi connectivity index (χ0) is 16.2. The molecule has 2 rings (SSSR count). The Kier molecular flexibility index (Phi) is 5.66. The first-order valence-corrected chi connectivity index (χ1v) is 9.69. The van der Waals surface area contributed by atoms with Gasteiger partial charge in [-0.05, 0) is 18.6 Å². The predicted molar refractivity (Wildman–Crippen MR) is 90.7 cm³/mol. The molecule has 0 bridgehead atoms. The molecule has 0 radical (unpaired) electrons. The van der Waals surface area contributed by atoms with Crippen LogP contribution >= 0.6 is 11.8 Å². The van der Waals surface area contributed by atoms with Crippen LogP contribution in [0.4, 0.5) is 0 Å². The molecule has 0 N–H and O–H groups in total. The van der Waals surface area contributed by atoms with Crippen molar-refractivity contribution < 1.29 is 13.2 Å². The first-order chi connectivity index (χ1) is 10.5. The van der Waals surface area contributed by atoms with E-state index in [1.807, 2.05) is 37.3 Å². The van der Waals surface area contributed by atoms with E-state index in [1.54, 1.807) is 18.0 Å². The third kappa shape index (κ3) is 3.91. The molecule has 0 saturated carbocycles. The number of amides is 1. The molecule has 1 heterocycles. The molecule has 1 aromatic carbocycles. The van der Waals surface area contributed by atoms with E-state index >= 15 is 0 Å². The van der Waals surface area contributed by atoms with Gasteiger partial charge in [0.1, 0.15) is 6.04 Å². The molecule has 0 aliphatic carbocycles. The highest BCUT2D eigenvalue weighted by Gasteiger charge is 2.39. The Morgan fingerprint density at radius 3 is 2.73 bits per heavy atom. The lowest BCUT2D eigenvalue weighted by Crippen LogP contribution is -2.47. The second-order valence-corrected chi connectivity index (χ2v) is 7.78. The number of sulfonamides is 1. The summed E-state index contributed by atoms with van der Waals surface area (Å²) in [4.78, 5) is 13.8. The van der Waals surface area contributed by atoms with Crippen LogP contribution in [0.2, 0.25) is 0 Å². The van der Waals surface area contributed by atoms with Gasteiger partial charge in [-0.3, -0.25) is 4.79 Å². The number of likely N-dealkylation sites (N-methyl/N-ethyl adjacent to an activating group) is 1. The van der Waals surface area contributed by atoms with Gasteiger partial charge in [-0.15, -0.1) is 11.8 Å². The van der Waals surface area contributed by atoms with Gasteiger partial charge in [-0.1, -0.05) is 30.3 Å². The minimum atomic E-state index is -3.61. The highest BCUT2D eigenvalue weighted by Crippen LogP contribution is 2.26. The topological polar surface area (TPSA) is 57.7 Å². The zero-order valence-electron chi connectivity index (χ0n) is 12.7. The Morgan fingerprint density at radius 2 is 2.09 bits per heavy atom. The normalized spacial score (nSPS) is 19.6. The number of thioether (sulfide) groups is 1. The van der Waals surface area contributed by atoms with Gasteiger partial charge in [-0.2, -0.15) is 4.31 Å². The second-order valence-electron chi connectivity index (χ2n) is 5.01. The fourth-order valence-electron chi connectivity index (χ4n) is 2.09. The van der Waals surface area contributed by atoms with Gasteiger partial charge in [0.25, 0.3) is 0 Å². The SMILES string of the molecule is CCN(C)C(=O)C1CSCN1S(=O)(=O)/C=C/c1ccccc1. The van der Waals surface area contributed by atoms with Gasteiger partial charge < -0.3 is 4.90 Å².